The van der Waals surface area contributed by atoms with Crippen molar-refractivity contribution in [3.8, 4) is 0 Å². The van der Waals surface area contributed by atoms with E-state index in [1.165, 1.54) is 11.3 Å². The number of hydrogen-bond acceptors (Lipinski definition) is 4. The molecule has 0 fully saturated rings. The van der Waals surface area contributed by atoms with E-state index < -0.39 is 0 Å². The number of anilines is 1. The zero-order valence-corrected chi connectivity index (χ0v) is 13.0. The van der Waals surface area contributed by atoms with Gasteiger partial charge in [-0.2, -0.15) is 0 Å². The molecular formula is C14H20N4OS. The van der Waals surface area contributed by atoms with Gasteiger partial charge in [0.2, 0.25) is 5.91 Å². The molecule has 0 aliphatic rings. The van der Waals surface area contributed by atoms with E-state index in [-0.39, 0.29) is 5.91 Å². The first-order valence-electron chi connectivity index (χ1n) is 6.82. The van der Waals surface area contributed by atoms with E-state index >= 15 is 0 Å². The standard InChI is InChI=1S/C14H20N4OS/c1-4-18(14-16-11(2)10-20-14)13(19)6-5-8-17-9-7-15-12(17)3/h7,9-10H,4-6,8H2,1-3H3. The number of hydrogen-bond donors (Lipinski definition) is 0. The lowest BCUT2D eigenvalue weighted by atomic mass is 10.2. The third-order valence-electron chi connectivity index (χ3n) is 3.17. The maximum absolute atomic E-state index is 12.3. The van der Waals surface area contributed by atoms with Gasteiger partial charge in [0.15, 0.2) is 5.13 Å². The second kappa shape index (κ2) is 6.65. The smallest absolute Gasteiger partial charge is 0.228 e. The van der Waals surface area contributed by atoms with Crippen LogP contribution in [-0.2, 0) is 11.3 Å². The Balaban J connectivity index is 1.88. The normalized spacial score (nSPS) is 10.8. The van der Waals surface area contributed by atoms with E-state index in [9.17, 15) is 4.79 Å². The van der Waals surface area contributed by atoms with Gasteiger partial charge >= 0.3 is 0 Å². The number of carbonyl (C=O) groups excluding carboxylic acids is 1. The van der Waals surface area contributed by atoms with Crippen molar-refractivity contribution in [3.63, 3.8) is 0 Å². The molecule has 0 saturated carbocycles. The molecule has 108 valence electrons. The summed E-state index contributed by atoms with van der Waals surface area (Å²) in [5.74, 6) is 1.12. The van der Waals surface area contributed by atoms with Crippen LogP contribution in [0.5, 0.6) is 0 Å². The van der Waals surface area contributed by atoms with Gasteiger partial charge in [0.25, 0.3) is 0 Å². The Labute approximate surface area is 123 Å². The van der Waals surface area contributed by atoms with Crippen molar-refractivity contribution in [2.75, 3.05) is 11.4 Å². The first-order valence-corrected chi connectivity index (χ1v) is 7.70. The number of thiazole rings is 1. The largest absolute Gasteiger partial charge is 0.335 e. The molecule has 2 aromatic rings. The number of imidazole rings is 1. The van der Waals surface area contributed by atoms with E-state index in [0.29, 0.717) is 13.0 Å². The van der Waals surface area contributed by atoms with Gasteiger partial charge in [-0.3, -0.25) is 9.69 Å². The van der Waals surface area contributed by atoms with Crippen LogP contribution in [0.2, 0.25) is 0 Å². The molecule has 0 bridgehead atoms. The number of aromatic nitrogens is 3. The lowest BCUT2D eigenvalue weighted by Gasteiger charge is -2.17. The first kappa shape index (κ1) is 14.7. The van der Waals surface area contributed by atoms with Crippen LogP contribution in [0.4, 0.5) is 5.13 Å². The zero-order valence-electron chi connectivity index (χ0n) is 12.2. The van der Waals surface area contributed by atoms with Crippen molar-refractivity contribution in [2.24, 2.45) is 0 Å². The SMILES string of the molecule is CCN(C(=O)CCCn1ccnc1C)c1nc(C)cs1. The second-order valence-corrected chi connectivity index (χ2v) is 5.52. The van der Waals surface area contributed by atoms with E-state index in [4.69, 9.17) is 0 Å². The maximum Gasteiger partial charge on any atom is 0.228 e. The Hall–Kier alpha value is -1.69. The Bertz CT molecular complexity index is 575. The number of nitrogens with zero attached hydrogens (tertiary/aromatic N) is 4. The summed E-state index contributed by atoms with van der Waals surface area (Å²) in [6.45, 7) is 7.38. The van der Waals surface area contributed by atoms with Crippen LogP contribution in [0.25, 0.3) is 0 Å². The highest BCUT2D eigenvalue weighted by Crippen LogP contribution is 2.21. The predicted octanol–water partition coefficient (Wildman–Crippen LogP) is 2.79. The summed E-state index contributed by atoms with van der Waals surface area (Å²) in [6, 6.07) is 0. The first-order chi connectivity index (χ1) is 9.61. The maximum atomic E-state index is 12.3. The lowest BCUT2D eigenvalue weighted by molar-refractivity contribution is -0.118. The zero-order chi connectivity index (χ0) is 14.5. The van der Waals surface area contributed by atoms with Crippen LogP contribution in [0.1, 0.15) is 31.3 Å². The molecule has 2 aromatic heterocycles. The molecule has 20 heavy (non-hydrogen) atoms. The molecule has 0 aromatic carbocycles. The quantitative estimate of drug-likeness (QED) is 0.822. The molecule has 1 amide bonds. The van der Waals surface area contributed by atoms with Crippen LogP contribution >= 0.6 is 11.3 Å². The van der Waals surface area contributed by atoms with Gasteiger partial charge in [0, 0.05) is 37.3 Å². The fourth-order valence-electron chi connectivity index (χ4n) is 2.06. The third kappa shape index (κ3) is 3.45. The molecule has 2 heterocycles. The summed E-state index contributed by atoms with van der Waals surface area (Å²) < 4.78 is 2.07. The monoisotopic (exact) mass is 292 g/mol. The summed E-state index contributed by atoms with van der Waals surface area (Å²) in [5.41, 5.74) is 0.963. The van der Waals surface area contributed by atoms with E-state index in [0.717, 1.165) is 29.6 Å². The second-order valence-electron chi connectivity index (χ2n) is 4.68. The average molecular weight is 292 g/mol. The molecule has 0 spiro atoms. The molecule has 2 rings (SSSR count). The van der Waals surface area contributed by atoms with Crippen molar-refractivity contribution in [1.29, 1.82) is 0 Å². The minimum Gasteiger partial charge on any atom is -0.335 e. The summed E-state index contributed by atoms with van der Waals surface area (Å²) in [5, 5.41) is 2.77. The van der Waals surface area contributed by atoms with E-state index in [1.54, 1.807) is 11.1 Å². The van der Waals surface area contributed by atoms with E-state index in [2.05, 4.69) is 14.5 Å². The fourth-order valence-corrected chi connectivity index (χ4v) is 2.94. The van der Waals surface area contributed by atoms with Crippen LogP contribution in [0, 0.1) is 13.8 Å². The van der Waals surface area contributed by atoms with Gasteiger partial charge in [-0.1, -0.05) is 0 Å². The molecule has 0 aliphatic carbocycles. The summed E-state index contributed by atoms with van der Waals surface area (Å²) in [4.78, 5) is 22.6. The highest BCUT2D eigenvalue weighted by atomic mass is 32.1. The summed E-state index contributed by atoms with van der Waals surface area (Å²) in [6.07, 6.45) is 5.08. The molecule has 0 saturated heterocycles. The van der Waals surface area contributed by atoms with Gasteiger partial charge in [-0.25, -0.2) is 9.97 Å². The molecular weight excluding hydrogens is 272 g/mol. The van der Waals surface area contributed by atoms with Crippen molar-refractivity contribution in [3.05, 3.63) is 29.3 Å². The number of rotatable bonds is 6. The fraction of sp³-hybridized carbons (Fsp3) is 0.500. The number of aryl methyl sites for hydroxylation is 3. The van der Waals surface area contributed by atoms with Gasteiger partial charge < -0.3 is 4.57 Å². The number of carbonyl (C=O) groups is 1. The predicted molar refractivity (Wildman–Crippen MR) is 81.1 cm³/mol. The minimum absolute atomic E-state index is 0.139. The van der Waals surface area contributed by atoms with Gasteiger partial charge in [-0.15, -0.1) is 11.3 Å². The topological polar surface area (TPSA) is 51.0 Å². The molecule has 0 unspecified atom stereocenters. The summed E-state index contributed by atoms with van der Waals surface area (Å²) >= 11 is 1.52. The Morgan fingerprint density at radius 2 is 2.25 bits per heavy atom. The van der Waals surface area contributed by atoms with Crippen molar-refractivity contribution >= 4 is 22.4 Å². The highest BCUT2D eigenvalue weighted by Gasteiger charge is 2.16. The molecule has 0 N–H and O–H groups in total. The third-order valence-corrected chi connectivity index (χ3v) is 4.15. The van der Waals surface area contributed by atoms with E-state index in [1.807, 2.05) is 32.3 Å². The lowest BCUT2D eigenvalue weighted by Crippen LogP contribution is -2.30. The number of amides is 1. The van der Waals surface area contributed by atoms with Gasteiger partial charge in [0.1, 0.15) is 5.82 Å². The van der Waals surface area contributed by atoms with Crippen molar-refractivity contribution < 1.29 is 4.79 Å². The molecule has 0 atom stereocenters. The Kier molecular flexibility index (Phi) is 4.89. The van der Waals surface area contributed by atoms with Crippen LogP contribution in [0.3, 0.4) is 0 Å². The van der Waals surface area contributed by atoms with Gasteiger partial charge in [0.05, 0.1) is 5.69 Å². The highest BCUT2D eigenvalue weighted by molar-refractivity contribution is 7.14. The van der Waals surface area contributed by atoms with Gasteiger partial charge in [-0.05, 0) is 27.2 Å². The molecule has 6 heteroatoms. The molecule has 0 aliphatic heterocycles. The van der Waals surface area contributed by atoms with Crippen LogP contribution in [0.15, 0.2) is 17.8 Å². The Morgan fingerprint density at radius 1 is 1.45 bits per heavy atom. The van der Waals surface area contributed by atoms with Crippen LogP contribution in [-0.4, -0.2) is 27.0 Å². The molecule has 5 nitrogen and oxygen atoms in total. The van der Waals surface area contributed by atoms with Crippen LogP contribution < -0.4 is 4.90 Å². The van der Waals surface area contributed by atoms with Crippen molar-refractivity contribution in [2.45, 2.75) is 40.2 Å². The summed E-state index contributed by atoms with van der Waals surface area (Å²) in [7, 11) is 0. The molecule has 0 radical (unpaired) electrons. The average Bonchev–Trinajstić information content (AvgIpc) is 3.00. The minimum atomic E-state index is 0.139. The van der Waals surface area contributed by atoms with Crippen molar-refractivity contribution in [1.82, 2.24) is 14.5 Å². The Morgan fingerprint density at radius 3 is 2.80 bits per heavy atom.